The summed E-state index contributed by atoms with van der Waals surface area (Å²) in [6.45, 7) is 1.80. The van der Waals surface area contributed by atoms with Crippen LogP contribution in [0.2, 0.25) is 0 Å². The summed E-state index contributed by atoms with van der Waals surface area (Å²) in [7, 11) is 0. The van der Waals surface area contributed by atoms with E-state index in [0.717, 1.165) is 6.07 Å². The lowest BCUT2D eigenvalue weighted by atomic mass is 9.95. The summed E-state index contributed by atoms with van der Waals surface area (Å²) in [4.78, 5) is 4.03. The maximum absolute atomic E-state index is 13.5. The molecular weight excluding hydrogens is 458 g/mol. The molecule has 3 aromatic carbocycles. The third-order valence-corrected chi connectivity index (χ3v) is 5.22. The molecule has 3 nitrogen and oxygen atoms in total. The van der Waals surface area contributed by atoms with Crippen LogP contribution in [0.3, 0.4) is 0 Å². The van der Waals surface area contributed by atoms with Crippen molar-refractivity contribution in [2.45, 2.75) is 26.0 Å². The highest BCUT2D eigenvalue weighted by molar-refractivity contribution is 5.98. The molecule has 0 spiro atoms. The van der Waals surface area contributed by atoms with E-state index in [4.69, 9.17) is 0 Å². The van der Waals surface area contributed by atoms with Crippen LogP contribution in [-0.2, 0) is 12.7 Å². The third kappa shape index (κ3) is 5.08. The first-order chi connectivity index (χ1) is 16.0. The van der Waals surface area contributed by atoms with E-state index in [9.17, 15) is 26.3 Å². The van der Waals surface area contributed by atoms with Crippen LogP contribution in [0.5, 0.6) is 5.75 Å². The minimum atomic E-state index is -4.81. The lowest BCUT2D eigenvalue weighted by molar-refractivity contribution is -0.274. The Labute approximate surface area is 191 Å². The van der Waals surface area contributed by atoms with Crippen LogP contribution in [0.1, 0.15) is 16.7 Å². The number of fused-ring (bicyclic) bond motifs is 1. The van der Waals surface area contributed by atoms with Crippen LogP contribution >= 0.6 is 0 Å². The molecule has 1 N–H and O–H groups in total. The zero-order valence-electron chi connectivity index (χ0n) is 17.8. The molecule has 0 saturated carbocycles. The molecule has 34 heavy (non-hydrogen) atoms. The minimum Gasteiger partial charge on any atom is -0.405 e. The van der Waals surface area contributed by atoms with E-state index in [0.29, 0.717) is 33.3 Å². The Hall–Kier alpha value is -3.75. The molecule has 9 heteroatoms. The summed E-state index contributed by atoms with van der Waals surface area (Å²) < 4.78 is 82.6. The summed E-state index contributed by atoms with van der Waals surface area (Å²) in [5.41, 5.74) is 1.85. The number of benzene rings is 3. The van der Waals surface area contributed by atoms with E-state index in [1.165, 1.54) is 30.5 Å². The van der Waals surface area contributed by atoms with Gasteiger partial charge in [-0.3, -0.25) is 4.98 Å². The lowest BCUT2D eigenvalue weighted by Gasteiger charge is -2.16. The van der Waals surface area contributed by atoms with E-state index in [1.54, 1.807) is 43.3 Å². The number of alkyl halides is 6. The molecule has 4 aromatic rings. The number of pyridine rings is 1. The summed E-state index contributed by atoms with van der Waals surface area (Å²) in [5.74, 6) is -0.311. The zero-order chi connectivity index (χ0) is 24.5. The molecule has 0 aliphatic carbocycles. The Morgan fingerprint density at radius 3 is 2.35 bits per heavy atom. The molecular formula is C25H18F6N2O. The quantitative estimate of drug-likeness (QED) is 0.299. The van der Waals surface area contributed by atoms with Crippen molar-refractivity contribution in [1.82, 2.24) is 4.98 Å². The number of nitrogens with one attached hydrogen (secondary N) is 1. The molecule has 1 aromatic heterocycles. The Bertz CT molecular complexity index is 1330. The fourth-order valence-corrected chi connectivity index (χ4v) is 3.79. The number of rotatable bonds is 5. The smallest absolute Gasteiger partial charge is 0.405 e. The number of anilines is 1. The van der Waals surface area contributed by atoms with Crippen molar-refractivity contribution < 1.29 is 31.1 Å². The van der Waals surface area contributed by atoms with Crippen LogP contribution in [0.4, 0.5) is 32.0 Å². The molecule has 0 atom stereocenters. The van der Waals surface area contributed by atoms with Gasteiger partial charge in [-0.15, -0.1) is 13.2 Å². The van der Waals surface area contributed by atoms with E-state index in [-0.39, 0.29) is 17.8 Å². The van der Waals surface area contributed by atoms with Gasteiger partial charge in [0.2, 0.25) is 0 Å². The van der Waals surface area contributed by atoms with Gasteiger partial charge in [0.25, 0.3) is 0 Å². The SMILES string of the molecule is Cc1cnc2c(C(F)(F)F)cccc2c1-c1cccc(NCc2ccccc2OC(F)(F)F)c1. The van der Waals surface area contributed by atoms with Gasteiger partial charge in [-0.2, -0.15) is 13.2 Å². The molecule has 1 heterocycles. The Kier molecular flexibility index (Phi) is 6.12. The Morgan fingerprint density at radius 2 is 1.62 bits per heavy atom. The average molecular weight is 476 g/mol. The van der Waals surface area contributed by atoms with Gasteiger partial charge in [-0.1, -0.05) is 42.5 Å². The van der Waals surface area contributed by atoms with Crippen LogP contribution in [-0.4, -0.2) is 11.3 Å². The molecule has 0 unspecified atom stereocenters. The van der Waals surface area contributed by atoms with Gasteiger partial charge in [0, 0.05) is 29.4 Å². The fraction of sp³-hybridized carbons (Fsp3) is 0.160. The van der Waals surface area contributed by atoms with Crippen LogP contribution < -0.4 is 10.1 Å². The topological polar surface area (TPSA) is 34.2 Å². The zero-order valence-corrected chi connectivity index (χ0v) is 17.8. The molecule has 0 bridgehead atoms. The monoisotopic (exact) mass is 476 g/mol. The summed E-state index contributed by atoms with van der Waals surface area (Å²) >= 11 is 0. The van der Waals surface area contributed by atoms with E-state index in [1.807, 2.05) is 0 Å². The van der Waals surface area contributed by atoms with Gasteiger partial charge in [0.05, 0.1) is 11.1 Å². The van der Waals surface area contributed by atoms with Crippen molar-refractivity contribution >= 4 is 16.6 Å². The standard InChI is InChI=1S/C25H18F6N2O/c1-15-13-33-23-19(9-5-10-20(23)24(26,27)28)22(15)16-7-4-8-18(12-16)32-14-17-6-2-3-11-21(17)34-25(29,30)31/h2-13,32H,14H2,1H3. The summed E-state index contributed by atoms with van der Waals surface area (Å²) in [5, 5.41) is 3.41. The normalized spacial score (nSPS) is 12.1. The number of hydrogen-bond acceptors (Lipinski definition) is 3. The third-order valence-electron chi connectivity index (χ3n) is 5.22. The van der Waals surface area contributed by atoms with E-state index >= 15 is 0 Å². The molecule has 0 saturated heterocycles. The van der Waals surface area contributed by atoms with Gasteiger partial charge in [0.15, 0.2) is 0 Å². The lowest BCUT2D eigenvalue weighted by Crippen LogP contribution is -2.18. The van der Waals surface area contributed by atoms with Gasteiger partial charge >= 0.3 is 12.5 Å². The maximum atomic E-state index is 13.5. The average Bonchev–Trinajstić information content (AvgIpc) is 2.76. The van der Waals surface area contributed by atoms with Crippen molar-refractivity contribution in [3.63, 3.8) is 0 Å². The maximum Gasteiger partial charge on any atom is 0.573 e. The van der Waals surface area contributed by atoms with E-state index in [2.05, 4.69) is 15.0 Å². The van der Waals surface area contributed by atoms with Gasteiger partial charge in [0.1, 0.15) is 5.75 Å². The van der Waals surface area contributed by atoms with Crippen LogP contribution in [0.15, 0.2) is 72.9 Å². The van der Waals surface area contributed by atoms with Gasteiger partial charge in [-0.25, -0.2) is 0 Å². The summed E-state index contributed by atoms with van der Waals surface area (Å²) in [6.07, 6.45) is -7.96. The van der Waals surface area contributed by atoms with Crippen molar-refractivity contribution in [2.24, 2.45) is 0 Å². The van der Waals surface area contributed by atoms with E-state index < -0.39 is 18.1 Å². The van der Waals surface area contributed by atoms with Gasteiger partial charge in [-0.05, 0) is 47.9 Å². The number of ether oxygens (including phenoxy) is 1. The van der Waals surface area contributed by atoms with Gasteiger partial charge < -0.3 is 10.1 Å². The van der Waals surface area contributed by atoms with Crippen molar-refractivity contribution in [1.29, 1.82) is 0 Å². The van der Waals surface area contributed by atoms with Crippen LogP contribution in [0, 0.1) is 6.92 Å². The second-order valence-electron chi connectivity index (χ2n) is 7.61. The Morgan fingerprint density at radius 1 is 0.882 bits per heavy atom. The fourth-order valence-electron chi connectivity index (χ4n) is 3.79. The first-order valence-corrected chi connectivity index (χ1v) is 10.2. The first-order valence-electron chi connectivity index (χ1n) is 10.2. The number of halogens is 6. The second kappa shape index (κ2) is 8.89. The molecule has 0 fully saturated rings. The number of hydrogen-bond donors (Lipinski definition) is 1. The number of para-hydroxylation sites is 2. The number of aryl methyl sites for hydroxylation is 1. The highest BCUT2D eigenvalue weighted by Crippen LogP contribution is 2.38. The number of nitrogens with zero attached hydrogens (tertiary/aromatic N) is 1. The molecule has 0 aliphatic rings. The molecule has 0 amide bonds. The molecule has 4 rings (SSSR count). The highest BCUT2D eigenvalue weighted by Gasteiger charge is 2.34. The highest BCUT2D eigenvalue weighted by atomic mass is 19.4. The molecule has 176 valence electrons. The van der Waals surface area contributed by atoms with Crippen molar-refractivity contribution in [3.8, 4) is 16.9 Å². The second-order valence-corrected chi connectivity index (χ2v) is 7.61. The van der Waals surface area contributed by atoms with Crippen molar-refractivity contribution in [3.05, 3.63) is 89.6 Å². The molecule has 0 radical (unpaired) electrons. The Balaban J connectivity index is 1.68. The largest absolute Gasteiger partial charge is 0.573 e. The predicted molar refractivity (Wildman–Crippen MR) is 117 cm³/mol. The van der Waals surface area contributed by atoms with Crippen LogP contribution in [0.25, 0.3) is 22.0 Å². The number of aromatic nitrogens is 1. The van der Waals surface area contributed by atoms with Crippen molar-refractivity contribution in [2.75, 3.05) is 5.32 Å². The summed E-state index contributed by atoms with van der Waals surface area (Å²) in [6, 6.07) is 16.6. The first kappa shape index (κ1) is 23.4. The molecule has 0 aliphatic heterocycles. The predicted octanol–water partition coefficient (Wildman–Crippen LogP) is 7.74. The minimum absolute atomic E-state index is 0.0456.